The Bertz CT molecular complexity index is 1560. The summed E-state index contributed by atoms with van der Waals surface area (Å²) in [5.74, 6) is 1.95. The van der Waals surface area contributed by atoms with Crippen LogP contribution in [-0.2, 0) is 0 Å². The number of rotatable bonds is 5. The third-order valence-corrected chi connectivity index (χ3v) is 7.28. The van der Waals surface area contributed by atoms with E-state index in [1.54, 1.807) is 37.1 Å². The molecular formula is C27H22ClFN4O3S. The van der Waals surface area contributed by atoms with Crippen LogP contribution in [-0.4, -0.2) is 35.2 Å². The minimum Gasteiger partial charge on any atom is -0.493 e. The van der Waals surface area contributed by atoms with Crippen LogP contribution >= 0.6 is 23.4 Å². The first kappa shape index (κ1) is 23.7. The lowest BCUT2D eigenvalue weighted by Crippen LogP contribution is -2.32. The fourth-order valence-electron chi connectivity index (χ4n) is 4.86. The Balaban J connectivity index is 1.64. The average molecular weight is 537 g/mol. The topological polar surface area (TPSA) is 70.4 Å². The van der Waals surface area contributed by atoms with Crippen molar-refractivity contribution < 1.29 is 18.6 Å². The van der Waals surface area contributed by atoms with Crippen molar-refractivity contribution in [3.63, 3.8) is 0 Å². The molecule has 4 aromatic rings. The molecule has 0 saturated carbocycles. The summed E-state index contributed by atoms with van der Waals surface area (Å²) in [5, 5.41) is 9.27. The molecular weight excluding hydrogens is 515 g/mol. The zero-order chi connectivity index (χ0) is 25.7. The summed E-state index contributed by atoms with van der Waals surface area (Å²) in [4.78, 5) is 4.65. The largest absolute Gasteiger partial charge is 0.493 e. The van der Waals surface area contributed by atoms with E-state index in [1.807, 2.05) is 42.7 Å². The Morgan fingerprint density at radius 1 is 1.05 bits per heavy atom. The molecule has 0 amide bonds. The number of nitrogens with zero attached hydrogens (tertiary/aromatic N) is 3. The third kappa shape index (κ3) is 3.89. The number of hydrogen-bond donors (Lipinski definition) is 1. The van der Waals surface area contributed by atoms with Crippen LogP contribution in [0.5, 0.6) is 17.2 Å². The predicted octanol–water partition coefficient (Wildman–Crippen LogP) is 6.37. The van der Waals surface area contributed by atoms with E-state index in [9.17, 15) is 0 Å². The first-order valence-electron chi connectivity index (χ1n) is 11.5. The van der Waals surface area contributed by atoms with Crippen molar-refractivity contribution >= 4 is 35.0 Å². The van der Waals surface area contributed by atoms with Crippen molar-refractivity contribution in [2.24, 2.45) is 0 Å². The fourth-order valence-corrected chi connectivity index (χ4v) is 5.38. The van der Waals surface area contributed by atoms with E-state index >= 15 is 4.39 Å². The van der Waals surface area contributed by atoms with Gasteiger partial charge in [-0.25, -0.2) is 9.07 Å². The maximum atomic E-state index is 15.4. The molecule has 0 fully saturated rings. The molecule has 10 heteroatoms. The lowest BCUT2D eigenvalue weighted by atomic mass is 9.84. The Labute approximate surface area is 222 Å². The number of benzene rings is 3. The molecule has 6 rings (SSSR count). The number of aromatic nitrogens is 3. The van der Waals surface area contributed by atoms with Crippen LogP contribution < -0.4 is 19.5 Å². The zero-order valence-electron chi connectivity index (χ0n) is 20.2. The Kier molecular flexibility index (Phi) is 5.97. The van der Waals surface area contributed by atoms with Gasteiger partial charge in [0.25, 0.3) is 0 Å². The summed E-state index contributed by atoms with van der Waals surface area (Å²) in [5.41, 5.74) is 3.56. The number of halogens is 2. The molecule has 2 aliphatic rings. The van der Waals surface area contributed by atoms with Gasteiger partial charge in [-0.1, -0.05) is 47.6 Å². The Morgan fingerprint density at radius 2 is 1.86 bits per heavy atom. The summed E-state index contributed by atoms with van der Waals surface area (Å²) in [6.45, 7) is 0. The van der Waals surface area contributed by atoms with Crippen LogP contribution in [0.4, 0.5) is 10.3 Å². The highest BCUT2D eigenvalue weighted by molar-refractivity contribution is 7.98. The first-order chi connectivity index (χ1) is 18.0. The molecule has 7 nitrogen and oxygen atoms in total. The van der Waals surface area contributed by atoms with Gasteiger partial charge in [-0.2, -0.15) is 4.98 Å². The van der Waals surface area contributed by atoms with E-state index in [1.165, 1.54) is 17.8 Å². The van der Waals surface area contributed by atoms with Crippen LogP contribution in [0, 0.1) is 5.82 Å². The molecule has 3 aromatic carbocycles. The smallest absolute Gasteiger partial charge is 0.227 e. The molecule has 0 spiro atoms. The van der Waals surface area contributed by atoms with Crippen LogP contribution in [0.25, 0.3) is 5.70 Å². The molecule has 0 saturated heterocycles. The highest BCUT2D eigenvalue weighted by atomic mass is 35.5. The molecule has 0 bridgehead atoms. The molecule has 0 radical (unpaired) electrons. The molecule has 1 aromatic heterocycles. The van der Waals surface area contributed by atoms with Crippen LogP contribution in [0.3, 0.4) is 0 Å². The van der Waals surface area contributed by atoms with Crippen LogP contribution in [0.15, 0.2) is 71.4 Å². The lowest BCUT2D eigenvalue weighted by molar-refractivity contribution is 0.221. The minimum absolute atomic E-state index is 0.351. The van der Waals surface area contributed by atoms with Gasteiger partial charge >= 0.3 is 0 Å². The van der Waals surface area contributed by atoms with E-state index in [-0.39, 0.29) is 5.82 Å². The summed E-state index contributed by atoms with van der Waals surface area (Å²) in [7, 11) is 3.17. The molecule has 1 N–H and O–H groups in total. The maximum Gasteiger partial charge on any atom is 0.227 e. The maximum absolute atomic E-state index is 15.4. The Hall–Kier alpha value is -3.69. The number of methoxy groups -OCH3 is 2. The molecule has 3 heterocycles. The molecule has 37 heavy (non-hydrogen) atoms. The number of anilines is 1. The number of ether oxygens (including phenoxy) is 3. The van der Waals surface area contributed by atoms with Gasteiger partial charge in [0.1, 0.15) is 23.7 Å². The van der Waals surface area contributed by atoms with Gasteiger partial charge < -0.3 is 19.5 Å². The third-order valence-electron chi connectivity index (χ3n) is 6.51. The number of hydrogen-bond acceptors (Lipinski definition) is 7. The van der Waals surface area contributed by atoms with Gasteiger partial charge in [-0.3, -0.25) is 0 Å². The zero-order valence-corrected chi connectivity index (χ0v) is 21.7. The Morgan fingerprint density at radius 3 is 2.62 bits per heavy atom. The number of thioether (sulfide) groups is 1. The van der Waals surface area contributed by atoms with Crippen molar-refractivity contribution in [1.82, 2.24) is 14.8 Å². The van der Waals surface area contributed by atoms with E-state index in [0.29, 0.717) is 38.9 Å². The average Bonchev–Trinajstić information content (AvgIpc) is 3.34. The van der Waals surface area contributed by atoms with Crippen LogP contribution in [0.2, 0.25) is 5.02 Å². The summed E-state index contributed by atoms with van der Waals surface area (Å²) in [6, 6.07) is 17.1. The molecule has 2 aliphatic heterocycles. The van der Waals surface area contributed by atoms with Gasteiger partial charge in [-0.05, 0) is 42.7 Å². The lowest BCUT2D eigenvalue weighted by Gasteiger charge is -2.39. The van der Waals surface area contributed by atoms with Gasteiger partial charge in [0.05, 0.1) is 19.9 Å². The van der Waals surface area contributed by atoms with Crippen molar-refractivity contribution in [3.05, 3.63) is 93.8 Å². The summed E-state index contributed by atoms with van der Waals surface area (Å²) in [6.07, 6.45) is 1.30. The number of nitrogens with one attached hydrogen (secondary N) is 1. The highest BCUT2D eigenvalue weighted by Crippen LogP contribution is 2.52. The number of fused-ring (bicyclic) bond motifs is 3. The predicted molar refractivity (Wildman–Crippen MR) is 141 cm³/mol. The summed E-state index contributed by atoms with van der Waals surface area (Å²) < 4.78 is 34.8. The van der Waals surface area contributed by atoms with Crippen molar-refractivity contribution in [2.45, 2.75) is 17.3 Å². The van der Waals surface area contributed by atoms with Crippen molar-refractivity contribution in [1.29, 1.82) is 0 Å². The van der Waals surface area contributed by atoms with E-state index in [2.05, 4.69) is 10.3 Å². The normalized spacial score (nSPS) is 17.8. The van der Waals surface area contributed by atoms with E-state index in [0.717, 1.165) is 22.4 Å². The van der Waals surface area contributed by atoms with Crippen LogP contribution in [0.1, 0.15) is 28.8 Å². The minimum atomic E-state index is -0.633. The standard InChI is InChI=1S/C27H22ClFN4O3S/c1-34-20-10-8-14(12-21(20)35-2)25-22-23(17-13-15(28)9-11-19(17)36-25)30-26-31-27(37-3)32-33(26)24(22)16-6-4-5-7-18(16)29/h4-13,24-25H,1-3H3,(H,30,31,32). The first-order valence-corrected chi connectivity index (χ1v) is 13.1. The quantitative estimate of drug-likeness (QED) is 0.297. The highest BCUT2D eigenvalue weighted by Gasteiger charge is 2.42. The van der Waals surface area contributed by atoms with Gasteiger partial charge in [0, 0.05) is 27.3 Å². The van der Waals surface area contributed by atoms with Crippen molar-refractivity contribution in [2.75, 3.05) is 25.8 Å². The van der Waals surface area contributed by atoms with Crippen molar-refractivity contribution in [3.8, 4) is 17.2 Å². The second kappa shape index (κ2) is 9.32. The molecule has 0 aliphatic carbocycles. The summed E-state index contributed by atoms with van der Waals surface area (Å²) >= 11 is 7.82. The fraction of sp³-hybridized carbons (Fsp3) is 0.185. The SMILES string of the molecule is COc1ccc(C2Oc3ccc(Cl)cc3C3=C2C(c2ccccc2F)n2nc(SC)nc2N3)cc1OC. The molecule has 188 valence electrons. The van der Waals surface area contributed by atoms with E-state index < -0.39 is 12.1 Å². The second-order valence-electron chi connectivity index (χ2n) is 8.50. The second-order valence-corrected chi connectivity index (χ2v) is 9.71. The van der Waals surface area contributed by atoms with E-state index in [4.69, 9.17) is 30.9 Å². The van der Waals surface area contributed by atoms with Gasteiger partial charge in [0.2, 0.25) is 11.1 Å². The molecule has 2 unspecified atom stereocenters. The molecule has 2 atom stereocenters. The monoisotopic (exact) mass is 536 g/mol. The van der Waals surface area contributed by atoms with Gasteiger partial charge in [0.15, 0.2) is 11.5 Å². The van der Waals surface area contributed by atoms with Gasteiger partial charge in [-0.15, -0.1) is 5.10 Å².